The third kappa shape index (κ3) is 2.84. The van der Waals surface area contributed by atoms with Crippen molar-refractivity contribution in [2.45, 2.75) is 6.36 Å². The molecular formula is C10H6F3NO4. The first-order valence-electron chi connectivity index (χ1n) is 4.63. The maximum atomic E-state index is 12.0. The normalized spacial score (nSPS) is 11.5. The third-order valence-corrected chi connectivity index (χ3v) is 2.00. The molecule has 1 aromatic carbocycles. The van der Waals surface area contributed by atoms with E-state index in [0.717, 1.165) is 12.1 Å². The van der Waals surface area contributed by atoms with E-state index in [0.29, 0.717) is 10.9 Å². The molecule has 2 aromatic rings. The molecule has 0 aliphatic heterocycles. The highest BCUT2D eigenvalue weighted by Crippen LogP contribution is 2.28. The highest BCUT2D eigenvalue weighted by atomic mass is 19.4. The largest absolute Gasteiger partial charge is 0.573 e. The molecule has 96 valence electrons. The lowest BCUT2D eigenvalue weighted by Gasteiger charge is -2.08. The molecule has 0 saturated carbocycles. The molecule has 0 fully saturated rings. The summed E-state index contributed by atoms with van der Waals surface area (Å²) in [6, 6.07) is 4.81. The number of alkyl halides is 3. The number of nitrogens with one attached hydrogen (secondary N) is 1. The highest BCUT2D eigenvalue weighted by molar-refractivity contribution is 5.83. The maximum Gasteiger partial charge on any atom is 0.573 e. The topological polar surface area (TPSA) is 71.6 Å². The molecule has 1 heterocycles. The summed E-state index contributed by atoms with van der Waals surface area (Å²) in [5.41, 5.74) is 0.431. The molecule has 0 amide bonds. The van der Waals surface area contributed by atoms with Gasteiger partial charge in [-0.2, -0.15) is 0 Å². The number of carboxylic acid groups (broad SMARTS) is 1. The van der Waals surface area contributed by atoms with E-state index >= 15 is 0 Å². The summed E-state index contributed by atoms with van der Waals surface area (Å²) in [6.45, 7) is 0. The Labute approximate surface area is 97.7 Å². The van der Waals surface area contributed by atoms with E-state index in [1.54, 1.807) is 0 Å². The van der Waals surface area contributed by atoms with Crippen molar-refractivity contribution >= 4 is 17.1 Å². The minimum absolute atomic E-state index is 0.0818. The zero-order valence-electron chi connectivity index (χ0n) is 8.62. The Hall–Kier alpha value is -2.38. The average Bonchev–Trinajstić information content (AvgIpc) is 2.55. The number of fused-ring (bicyclic) bond motifs is 1. The summed E-state index contributed by atoms with van der Waals surface area (Å²) in [5, 5.41) is 8.72. The van der Waals surface area contributed by atoms with Gasteiger partial charge < -0.3 is 19.6 Å². The zero-order chi connectivity index (χ0) is 13.3. The number of H-pyrrole nitrogens is 1. The maximum absolute atomic E-state index is 12.0. The van der Waals surface area contributed by atoms with E-state index in [4.69, 9.17) is 5.11 Å². The molecule has 0 aliphatic rings. The molecule has 0 saturated heterocycles. The van der Waals surface area contributed by atoms with Gasteiger partial charge in [-0.15, -0.1) is 13.2 Å². The summed E-state index contributed by atoms with van der Waals surface area (Å²) >= 11 is 0. The number of carbonyl (C=O) groups is 1. The van der Waals surface area contributed by atoms with Crippen molar-refractivity contribution in [2.24, 2.45) is 0 Å². The van der Waals surface area contributed by atoms with Gasteiger partial charge in [0.25, 0.3) is 0 Å². The first-order valence-corrected chi connectivity index (χ1v) is 4.63. The van der Waals surface area contributed by atoms with Gasteiger partial charge in [-0.05, 0) is 18.2 Å². The Balaban J connectivity index is 2.30. The molecule has 2 rings (SSSR count). The predicted octanol–water partition coefficient (Wildman–Crippen LogP) is 3.12. The average molecular weight is 261 g/mol. The molecule has 0 aliphatic carbocycles. The third-order valence-electron chi connectivity index (χ3n) is 2.00. The van der Waals surface area contributed by atoms with Crippen LogP contribution in [-0.2, 0) is 0 Å². The molecule has 8 heteroatoms. The Morgan fingerprint density at radius 2 is 2.00 bits per heavy atom. The van der Waals surface area contributed by atoms with Crippen LogP contribution >= 0.6 is 0 Å². The summed E-state index contributed by atoms with van der Waals surface area (Å²) < 4.78 is 44.0. The van der Waals surface area contributed by atoms with E-state index in [-0.39, 0.29) is 5.88 Å². The van der Waals surface area contributed by atoms with Gasteiger partial charge in [0.15, 0.2) is 0 Å². The van der Waals surface area contributed by atoms with E-state index in [1.165, 1.54) is 12.1 Å². The van der Waals surface area contributed by atoms with Crippen molar-refractivity contribution in [1.82, 2.24) is 4.98 Å². The Morgan fingerprint density at radius 1 is 1.28 bits per heavy atom. The van der Waals surface area contributed by atoms with Gasteiger partial charge in [-0.25, -0.2) is 4.79 Å². The Bertz CT molecular complexity index is 590. The fraction of sp³-hybridized carbons (Fsp3) is 0.100. The molecule has 0 spiro atoms. The van der Waals surface area contributed by atoms with E-state index in [9.17, 15) is 18.0 Å². The lowest BCUT2D eigenvalue weighted by molar-refractivity contribution is -0.274. The van der Waals surface area contributed by atoms with E-state index < -0.39 is 18.3 Å². The monoisotopic (exact) mass is 261 g/mol. The summed E-state index contributed by atoms with van der Waals surface area (Å²) in [6.07, 6.45) is -6.29. The van der Waals surface area contributed by atoms with Gasteiger partial charge in [0.05, 0.1) is 0 Å². The molecule has 0 radical (unpaired) electrons. The van der Waals surface area contributed by atoms with Crippen LogP contribution in [0.2, 0.25) is 0 Å². The predicted molar refractivity (Wildman–Crippen MR) is 53.6 cm³/mol. The van der Waals surface area contributed by atoms with Crippen molar-refractivity contribution < 1.29 is 32.5 Å². The van der Waals surface area contributed by atoms with Gasteiger partial charge in [0.1, 0.15) is 5.75 Å². The van der Waals surface area contributed by atoms with Gasteiger partial charge in [-0.1, -0.05) is 0 Å². The van der Waals surface area contributed by atoms with Crippen LogP contribution in [-0.4, -0.2) is 22.6 Å². The molecule has 18 heavy (non-hydrogen) atoms. The highest BCUT2D eigenvalue weighted by Gasteiger charge is 2.31. The number of halogens is 3. The van der Waals surface area contributed by atoms with Crippen LogP contribution in [0.4, 0.5) is 18.0 Å². The summed E-state index contributed by atoms with van der Waals surface area (Å²) in [7, 11) is 0. The van der Waals surface area contributed by atoms with Crippen LogP contribution in [0.5, 0.6) is 11.6 Å². The van der Waals surface area contributed by atoms with Crippen LogP contribution in [0.1, 0.15) is 0 Å². The molecule has 5 nitrogen and oxygen atoms in total. The number of ether oxygens (including phenoxy) is 2. The van der Waals surface area contributed by atoms with E-state index in [1.807, 2.05) is 0 Å². The molecular weight excluding hydrogens is 255 g/mol. The van der Waals surface area contributed by atoms with Crippen molar-refractivity contribution in [3.8, 4) is 11.6 Å². The molecule has 0 unspecified atom stereocenters. The number of aromatic amines is 1. The van der Waals surface area contributed by atoms with Gasteiger partial charge >= 0.3 is 12.5 Å². The van der Waals surface area contributed by atoms with E-state index in [2.05, 4.69) is 14.5 Å². The second kappa shape index (κ2) is 4.13. The van der Waals surface area contributed by atoms with Crippen LogP contribution in [0, 0.1) is 0 Å². The lowest BCUT2D eigenvalue weighted by atomic mass is 10.2. The fourth-order valence-corrected chi connectivity index (χ4v) is 1.43. The first-order chi connectivity index (χ1) is 8.33. The van der Waals surface area contributed by atoms with Crippen molar-refractivity contribution in [1.29, 1.82) is 0 Å². The van der Waals surface area contributed by atoms with Gasteiger partial charge in [0, 0.05) is 17.0 Å². The number of hydrogen-bond acceptors (Lipinski definition) is 3. The fourth-order valence-electron chi connectivity index (χ4n) is 1.43. The number of rotatable bonds is 2. The van der Waals surface area contributed by atoms with Crippen molar-refractivity contribution in [3.63, 3.8) is 0 Å². The minimum Gasteiger partial charge on any atom is -0.449 e. The standard InChI is InChI=1S/C10H6F3NO4/c11-10(12,13)18-6-1-2-7-5(3-6)4-8(14-7)17-9(15)16/h1-4,14H,(H,15,16). The summed E-state index contributed by atoms with van der Waals surface area (Å²) in [5.74, 6) is -0.475. The number of aromatic nitrogens is 1. The molecule has 2 N–H and O–H groups in total. The summed E-state index contributed by atoms with van der Waals surface area (Å²) in [4.78, 5) is 12.9. The molecule has 0 atom stereocenters. The van der Waals surface area contributed by atoms with Crippen molar-refractivity contribution in [3.05, 3.63) is 24.3 Å². The first kappa shape index (κ1) is 12.1. The Morgan fingerprint density at radius 3 is 2.61 bits per heavy atom. The smallest absolute Gasteiger partial charge is 0.449 e. The van der Waals surface area contributed by atoms with Crippen LogP contribution in [0.25, 0.3) is 10.9 Å². The Kier molecular flexibility index (Phi) is 2.77. The van der Waals surface area contributed by atoms with Crippen LogP contribution < -0.4 is 9.47 Å². The minimum atomic E-state index is -4.77. The quantitative estimate of drug-likeness (QED) is 0.814. The lowest BCUT2D eigenvalue weighted by Crippen LogP contribution is -2.16. The second-order valence-electron chi connectivity index (χ2n) is 3.30. The van der Waals surface area contributed by atoms with Crippen LogP contribution in [0.3, 0.4) is 0 Å². The van der Waals surface area contributed by atoms with Gasteiger partial charge in [-0.3, -0.25) is 0 Å². The number of benzene rings is 1. The zero-order valence-corrected chi connectivity index (χ0v) is 8.62. The van der Waals surface area contributed by atoms with Crippen molar-refractivity contribution in [2.75, 3.05) is 0 Å². The van der Waals surface area contributed by atoms with Crippen LogP contribution in [0.15, 0.2) is 24.3 Å². The SMILES string of the molecule is O=C(O)Oc1cc2cc(OC(F)(F)F)ccc2[nH]1. The van der Waals surface area contributed by atoms with Gasteiger partial charge in [0.2, 0.25) is 5.88 Å². The molecule has 1 aromatic heterocycles. The number of hydrogen-bond donors (Lipinski definition) is 2. The molecule has 0 bridgehead atoms. The second-order valence-corrected chi connectivity index (χ2v) is 3.30.